The van der Waals surface area contributed by atoms with Gasteiger partial charge in [0.15, 0.2) is 0 Å². The van der Waals surface area contributed by atoms with Crippen molar-refractivity contribution in [3.8, 4) is 0 Å². The number of aryl methyl sites for hydroxylation is 1. The molecule has 1 saturated carbocycles. The summed E-state index contributed by atoms with van der Waals surface area (Å²) >= 11 is 0. The van der Waals surface area contributed by atoms with E-state index in [1.807, 2.05) is 0 Å². The van der Waals surface area contributed by atoms with Gasteiger partial charge in [-0.25, -0.2) is 0 Å². The summed E-state index contributed by atoms with van der Waals surface area (Å²) < 4.78 is 11.0. The number of furan rings is 1. The number of methoxy groups -OCH3 is 1. The van der Waals surface area contributed by atoms with Crippen molar-refractivity contribution in [1.29, 1.82) is 0 Å². The maximum atomic E-state index is 5.93. The third-order valence-electron chi connectivity index (χ3n) is 3.51. The van der Waals surface area contributed by atoms with Crippen LogP contribution >= 0.6 is 0 Å². The number of rotatable bonds is 9. The van der Waals surface area contributed by atoms with Crippen LogP contribution in [0.2, 0.25) is 0 Å². The molecule has 1 fully saturated rings. The molecule has 1 aromatic heterocycles. The largest absolute Gasteiger partial charge is 0.463 e. The quantitative estimate of drug-likeness (QED) is 0.696. The van der Waals surface area contributed by atoms with Crippen LogP contribution in [0.3, 0.4) is 0 Å². The second-order valence-electron chi connectivity index (χ2n) is 5.56. The minimum absolute atomic E-state index is 0.727. The number of ether oxygens (including phenoxy) is 1. The van der Waals surface area contributed by atoms with Crippen LogP contribution in [0.25, 0.3) is 0 Å². The Morgan fingerprint density at radius 2 is 2.26 bits per heavy atom. The van der Waals surface area contributed by atoms with Crippen LogP contribution in [0.15, 0.2) is 10.5 Å². The summed E-state index contributed by atoms with van der Waals surface area (Å²) in [7, 11) is 3.87. The van der Waals surface area contributed by atoms with Crippen LogP contribution in [0.4, 0.5) is 0 Å². The second kappa shape index (κ2) is 7.08. The fraction of sp³-hybridized carbons (Fsp3) is 0.733. The third kappa shape index (κ3) is 4.97. The van der Waals surface area contributed by atoms with Gasteiger partial charge in [-0.15, -0.1) is 0 Å². The smallest absolute Gasteiger partial charge is 0.120 e. The van der Waals surface area contributed by atoms with Crippen LogP contribution in [-0.4, -0.2) is 38.3 Å². The van der Waals surface area contributed by atoms with Crippen molar-refractivity contribution in [2.24, 2.45) is 0 Å². The Kier molecular flexibility index (Phi) is 5.43. The van der Waals surface area contributed by atoms with E-state index in [1.54, 1.807) is 7.11 Å². The summed E-state index contributed by atoms with van der Waals surface area (Å²) in [5.41, 5.74) is 1.26. The number of nitrogens with zero attached hydrogens (tertiary/aromatic N) is 1. The van der Waals surface area contributed by atoms with Gasteiger partial charge < -0.3 is 14.5 Å². The molecular formula is C15H26N2O2. The van der Waals surface area contributed by atoms with E-state index in [0.29, 0.717) is 0 Å². The lowest BCUT2D eigenvalue weighted by Gasteiger charge is -2.14. The highest BCUT2D eigenvalue weighted by Crippen LogP contribution is 2.21. The Labute approximate surface area is 116 Å². The zero-order valence-electron chi connectivity index (χ0n) is 12.4. The van der Waals surface area contributed by atoms with Gasteiger partial charge in [0.25, 0.3) is 0 Å². The van der Waals surface area contributed by atoms with Crippen LogP contribution in [0.1, 0.15) is 36.3 Å². The Bertz CT molecular complexity index is 385. The van der Waals surface area contributed by atoms with E-state index in [2.05, 4.69) is 30.3 Å². The van der Waals surface area contributed by atoms with E-state index >= 15 is 0 Å². The lowest BCUT2D eigenvalue weighted by molar-refractivity contribution is 0.175. The van der Waals surface area contributed by atoms with Gasteiger partial charge in [0, 0.05) is 26.3 Å². The van der Waals surface area contributed by atoms with Gasteiger partial charge in [0.2, 0.25) is 0 Å². The van der Waals surface area contributed by atoms with Crippen molar-refractivity contribution >= 4 is 0 Å². The molecule has 1 aliphatic carbocycles. The van der Waals surface area contributed by atoms with Crippen molar-refractivity contribution in [3.05, 3.63) is 23.2 Å². The van der Waals surface area contributed by atoms with E-state index in [4.69, 9.17) is 9.15 Å². The predicted octanol–water partition coefficient (Wildman–Crippen LogP) is 2.31. The first kappa shape index (κ1) is 14.6. The van der Waals surface area contributed by atoms with Gasteiger partial charge in [-0.1, -0.05) is 0 Å². The summed E-state index contributed by atoms with van der Waals surface area (Å²) in [5.74, 6) is 2.15. The molecule has 1 heterocycles. The van der Waals surface area contributed by atoms with Crippen molar-refractivity contribution in [2.45, 2.75) is 45.3 Å². The van der Waals surface area contributed by atoms with E-state index in [0.717, 1.165) is 50.2 Å². The summed E-state index contributed by atoms with van der Waals surface area (Å²) in [6, 6.07) is 2.89. The number of hydrogen-bond donors (Lipinski definition) is 1. The second-order valence-corrected chi connectivity index (χ2v) is 5.56. The van der Waals surface area contributed by atoms with Gasteiger partial charge in [0.1, 0.15) is 11.5 Å². The predicted molar refractivity (Wildman–Crippen MR) is 76.1 cm³/mol. The van der Waals surface area contributed by atoms with Gasteiger partial charge in [-0.2, -0.15) is 0 Å². The first-order valence-corrected chi connectivity index (χ1v) is 7.18. The van der Waals surface area contributed by atoms with E-state index in [1.165, 1.54) is 18.4 Å². The van der Waals surface area contributed by atoms with Crippen LogP contribution in [0, 0.1) is 6.92 Å². The van der Waals surface area contributed by atoms with Crippen molar-refractivity contribution in [1.82, 2.24) is 10.2 Å². The van der Waals surface area contributed by atoms with E-state index in [-0.39, 0.29) is 0 Å². The number of hydrogen-bond acceptors (Lipinski definition) is 4. The zero-order chi connectivity index (χ0) is 13.7. The molecule has 0 spiro atoms. The lowest BCUT2D eigenvalue weighted by atomic mass is 10.2. The maximum absolute atomic E-state index is 5.93. The Morgan fingerprint density at radius 1 is 1.47 bits per heavy atom. The highest BCUT2D eigenvalue weighted by atomic mass is 16.5. The minimum Gasteiger partial charge on any atom is -0.463 e. The highest BCUT2D eigenvalue weighted by molar-refractivity contribution is 5.20. The molecule has 4 nitrogen and oxygen atoms in total. The fourth-order valence-corrected chi connectivity index (χ4v) is 2.19. The standard InChI is InChI=1S/C15H26N2O2/c1-12-9-14(11-17(2)7-4-8-18-3)19-15(12)10-16-13-5-6-13/h9,13,16H,4-8,10-11H2,1-3H3. The monoisotopic (exact) mass is 266 g/mol. The molecule has 0 aromatic carbocycles. The summed E-state index contributed by atoms with van der Waals surface area (Å²) in [6.07, 6.45) is 3.69. The lowest BCUT2D eigenvalue weighted by Crippen LogP contribution is -2.19. The Hall–Kier alpha value is -0.840. The van der Waals surface area contributed by atoms with Crippen LogP contribution in [-0.2, 0) is 17.8 Å². The zero-order valence-corrected chi connectivity index (χ0v) is 12.4. The van der Waals surface area contributed by atoms with E-state index < -0.39 is 0 Å². The van der Waals surface area contributed by atoms with Crippen molar-refractivity contribution in [2.75, 3.05) is 27.3 Å². The third-order valence-corrected chi connectivity index (χ3v) is 3.51. The first-order valence-electron chi connectivity index (χ1n) is 7.18. The minimum atomic E-state index is 0.727. The fourth-order valence-electron chi connectivity index (χ4n) is 2.19. The molecule has 0 aliphatic heterocycles. The van der Waals surface area contributed by atoms with Gasteiger partial charge >= 0.3 is 0 Å². The molecule has 0 amide bonds. The highest BCUT2D eigenvalue weighted by Gasteiger charge is 2.21. The average Bonchev–Trinajstić information content (AvgIpc) is 3.12. The average molecular weight is 266 g/mol. The summed E-state index contributed by atoms with van der Waals surface area (Å²) in [5, 5.41) is 3.50. The Morgan fingerprint density at radius 3 is 2.95 bits per heavy atom. The van der Waals surface area contributed by atoms with Crippen molar-refractivity contribution < 1.29 is 9.15 Å². The van der Waals surface area contributed by atoms with E-state index in [9.17, 15) is 0 Å². The van der Waals surface area contributed by atoms with Crippen LogP contribution < -0.4 is 5.32 Å². The molecule has 1 aliphatic rings. The van der Waals surface area contributed by atoms with Crippen molar-refractivity contribution in [3.63, 3.8) is 0 Å². The molecule has 0 bridgehead atoms. The number of nitrogens with one attached hydrogen (secondary N) is 1. The molecule has 108 valence electrons. The molecule has 0 saturated heterocycles. The first-order chi connectivity index (χ1) is 9.19. The molecule has 4 heteroatoms. The molecule has 0 atom stereocenters. The molecule has 1 N–H and O–H groups in total. The maximum Gasteiger partial charge on any atom is 0.120 e. The molecule has 19 heavy (non-hydrogen) atoms. The van der Waals surface area contributed by atoms with Gasteiger partial charge in [-0.3, -0.25) is 4.90 Å². The Balaban J connectivity index is 1.77. The van der Waals surface area contributed by atoms with Gasteiger partial charge in [0.05, 0.1) is 13.1 Å². The molecule has 0 unspecified atom stereocenters. The molecule has 0 radical (unpaired) electrons. The molecular weight excluding hydrogens is 240 g/mol. The normalized spacial score (nSPS) is 15.4. The molecule has 2 rings (SSSR count). The summed E-state index contributed by atoms with van der Waals surface area (Å²) in [4.78, 5) is 2.27. The molecule has 1 aromatic rings. The van der Waals surface area contributed by atoms with Gasteiger partial charge in [-0.05, 0) is 44.9 Å². The topological polar surface area (TPSA) is 37.6 Å². The summed E-state index contributed by atoms with van der Waals surface area (Å²) in [6.45, 7) is 5.71. The van der Waals surface area contributed by atoms with Crippen LogP contribution in [0.5, 0.6) is 0 Å². The SMILES string of the molecule is COCCCN(C)Cc1cc(C)c(CNC2CC2)o1.